The van der Waals surface area contributed by atoms with Crippen molar-refractivity contribution in [2.24, 2.45) is 17.3 Å². The first-order valence-corrected chi connectivity index (χ1v) is 14.5. The summed E-state index contributed by atoms with van der Waals surface area (Å²) in [6, 6.07) is -0.649. The predicted molar refractivity (Wildman–Crippen MR) is 148 cm³/mol. The third-order valence-electron chi connectivity index (χ3n) is 7.95. The molecule has 3 aliphatic rings. The minimum absolute atomic E-state index is 0.00279. The number of esters is 1. The molecule has 208 valence electrons. The van der Waals surface area contributed by atoms with Crippen LogP contribution in [0.15, 0.2) is 25.3 Å². The zero-order chi connectivity index (χ0) is 27.6. The zero-order valence-electron chi connectivity index (χ0n) is 23.3. The van der Waals surface area contributed by atoms with Gasteiger partial charge in [0.15, 0.2) is 0 Å². The highest BCUT2D eigenvalue weighted by atomic mass is 32.2. The number of unbranched alkanes of at least 4 members (excludes halogenated alkanes) is 1. The van der Waals surface area contributed by atoms with Crippen molar-refractivity contribution in [1.29, 1.82) is 0 Å². The Labute approximate surface area is 227 Å². The van der Waals surface area contributed by atoms with E-state index in [1.54, 1.807) is 28.8 Å². The number of hydrogen-bond donors (Lipinski definition) is 1. The fourth-order valence-electron chi connectivity index (χ4n) is 6.98. The number of carbonyl (C=O) groups is 3. The van der Waals surface area contributed by atoms with Gasteiger partial charge in [-0.05, 0) is 57.8 Å². The van der Waals surface area contributed by atoms with Crippen LogP contribution in [-0.2, 0) is 19.1 Å². The molecule has 0 aromatic carbocycles. The number of fused-ring (bicyclic) bond motifs is 1. The first-order chi connectivity index (χ1) is 17.3. The van der Waals surface area contributed by atoms with Gasteiger partial charge in [-0.1, -0.05) is 32.9 Å². The molecule has 1 N–H and O–H groups in total. The number of ether oxygens (including phenoxy) is 1. The second-order valence-corrected chi connectivity index (χ2v) is 14.2. The molecule has 5 atom stereocenters. The maximum absolute atomic E-state index is 14.6. The largest absolute Gasteiger partial charge is 0.465 e. The summed E-state index contributed by atoms with van der Waals surface area (Å²) in [7, 11) is 0. The molecule has 0 saturated carbocycles. The second-order valence-electron chi connectivity index (χ2n) is 12.6. The topological polar surface area (TPSA) is 87.2 Å². The lowest BCUT2D eigenvalue weighted by molar-refractivity contribution is -0.154. The number of aliphatic hydroxyl groups is 1. The smallest absolute Gasteiger partial charge is 0.310 e. The van der Waals surface area contributed by atoms with E-state index >= 15 is 0 Å². The molecule has 2 unspecified atom stereocenters. The molecule has 0 aliphatic carbocycles. The summed E-state index contributed by atoms with van der Waals surface area (Å²) in [6.45, 7) is 19.3. The SMILES string of the molecule is C=CCCOC(=O)[C@@H]1[C@@H]2CCC3(S2)C(C(=O)N(CC=C)C(C)(C)CC(C)(C)C)N(CCCCO)C(=O)[C@H]13. The van der Waals surface area contributed by atoms with Crippen LogP contribution in [0, 0.1) is 17.3 Å². The Morgan fingerprint density at radius 1 is 1.22 bits per heavy atom. The van der Waals surface area contributed by atoms with Gasteiger partial charge >= 0.3 is 5.97 Å². The Morgan fingerprint density at radius 2 is 1.92 bits per heavy atom. The Balaban J connectivity index is 2.01. The monoisotopic (exact) mass is 534 g/mol. The first-order valence-electron chi connectivity index (χ1n) is 13.6. The summed E-state index contributed by atoms with van der Waals surface area (Å²) >= 11 is 1.66. The lowest BCUT2D eigenvalue weighted by Gasteiger charge is -2.46. The molecular formula is C29H46N2O5S. The van der Waals surface area contributed by atoms with Gasteiger partial charge in [-0.15, -0.1) is 24.9 Å². The molecule has 8 heteroatoms. The van der Waals surface area contributed by atoms with Crippen molar-refractivity contribution in [3.05, 3.63) is 25.3 Å². The standard InChI is InChI=1S/C29H46N2O5S/c1-8-10-18-36-26(35)21-20-13-14-29(37-20)22(21)24(33)30(16-11-12-17-32)23(29)25(34)31(15-9-2)28(6,7)19-27(3,4)5/h8-9,20-23,32H,1-2,10-19H2,3-7H3/t20-,21+,22-,23?,29?/m0/s1. The number of rotatable bonds is 13. The van der Waals surface area contributed by atoms with E-state index in [0.717, 1.165) is 19.3 Å². The van der Waals surface area contributed by atoms with Gasteiger partial charge in [-0.3, -0.25) is 14.4 Å². The molecule has 0 aromatic rings. The van der Waals surface area contributed by atoms with Crippen LogP contribution in [0.2, 0.25) is 0 Å². The lowest BCUT2D eigenvalue weighted by atomic mass is 9.71. The number of thioether (sulfide) groups is 1. The molecule has 1 spiro atoms. The molecule has 0 aromatic heterocycles. The number of aliphatic hydroxyl groups excluding tert-OH is 1. The normalized spacial score (nSPS) is 28.8. The molecule has 0 radical (unpaired) electrons. The number of carbonyl (C=O) groups excluding carboxylic acids is 3. The fraction of sp³-hybridized carbons (Fsp3) is 0.759. The summed E-state index contributed by atoms with van der Waals surface area (Å²) in [4.78, 5) is 45.4. The molecule has 2 bridgehead atoms. The average molecular weight is 535 g/mol. The third kappa shape index (κ3) is 5.80. The summed E-state index contributed by atoms with van der Waals surface area (Å²) in [5, 5.41) is 9.36. The van der Waals surface area contributed by atoms with E-state index in [2.05, 4.69) is 47.8 Å². The Bertz CT molecular complexity index is 897. The quantitative estimate of drug-likeness (QED) is 0.217. The van der Waals surface area contributed by atoms with E-state index in [9.17, 15) is 19.5 Å². The van der Waals surface area contributed by atoms with Crippen LogP contribution in [0.1, 0.15) is 73.1 Å². The van der Waals surface area contributed by atoms with Crippen molar-refractivity contribution < 1.29 is 24.2 Å². The molecule has 3 fully saturated rings. The summed E-state index contributed by atoms with van der Waals surface area (Å²) in [5.74, 6) is -1.62. The van der Waals surface area contributed by atoms with Crippen LogP contribution in [0.3, 0.4) is 0 Å². The number of amides is 2. The predicted octanol–water partition coefficient (Wildman–Crippen LogP) is 4.20. The average Bonchev–Trinajstić information content (AvgIpc) is 3.43. The minimum atomic E-state index is -0.649. The van der Waals surface area contributed by atoms with Gasteiger partial charge < -0.3 is 19.6 Å². The summed E-state index contributed by atoms with van der Waals surface area (Å²) in [5.41, 5.74) is -0.459. The zero-order valence-corrected chi connectivity index (χ0v) is 24.1. The Morgan fingerprint density at radius 3 is 2.51 bits per heavy atom. The highest BCUT2D eigenvalue weighted by Gasteiger charge is 2.74. The van der Waals surface area contributed by atoms with E-state index in [1.807, 2.05) is 4.90 Å². The lowest BCUT2D eigenvalue weighted by Crippen LogP contribution is -2.60. The maximum atomic E-state index is 14.6. The van der Waals surface area contributed by atoms with E-state index in [0.29, 0.717) is 32.4 Å². The van der Waals surface area contributed by atoms with Crippen LogP contribution >= 0.6 is 11.8 Å². The van der Waals surface area contributed by atoms with Gasteiger partial charge in [0.1, 0.15) is 6.04 Å². The number of nitrogens with zero attached hydrogens (tertiary/aromatic N) is 2. The number of likely N-dealkylation sites (tertiary alicyclic amines) is 1. The van der Waals surface area contributed by atoms with Crippen molar-refractivity contribution in [1.82, 2.24) is 9.80 Å². The van der Waals surface area contributed by atoms with Gasteiger partial charge in [-0.2, -0.15) is 0 Å². The second kappa shape index (κ2) is 11.5. The number of hydrogen-bond acceptors (Lipinski definition) is 6. The maximum Gasteiger partial charge on any atom is 0.310 e. The molecule has 2 amide bonds. The summed E-state index contributed by atoms with van der Waals surface area (Å²) in [6.07, 6.45) is 7.48. The van der Waals surface area contributed by atoms with Crippen LogP contribution in [0.4, 0.5) is 0 Å². The van der Waals surface area contributed by atoms with Crippen LogP contribution in [0.25, 0.3) is 0 Å². The van der Waals surface area contributed by atoms with Crippen molar-refractivity contribution >= 4 is 29.5 Å². The molecule has 7 nitrogen and oxygen atoms in total. The van der Waals surface area contributed by atoms with Gasteiger partial charge in [0.05, 0.1) is 23.2 Å². The minimum Gasteiger partial charge on any atom is -0.465 e. The van der Waals surface area contributed by atoms with Gasteiger partial charge in [0.25, 0.3) is 0 Å². The van der Waals surface area contributed by atoms with Crippen molar-refractivity contribution in [2.45, 2.75) is 94.7 Å². The molecule has 3 rings (SSSR count). The fourth-order valence-corrected chi connectivity index (χ4v) is 9.18. The van der Waals surface area contributed by atoms with E-state index in [4.69, 9.17) is 4.74 Å². The van der Waals surface area contributed by atoms with Crippen LogP contribution in [0.5, 0.6) is 0 Å². The van der Waals surface area contributed by atoms with Crippen molar-refractivity contribution in [2.75, 3.05) is 26.3 Å². The Kier molecular flexibility index (Phi) is 9.26. The molecule has 37 heavy (non-hydrogen) atoms. The van der Waals surface area contributed by atoms with Crippen LogP contribution in [-0.4, -0.2) is 80.6 Å². The third-order valence-corrected chi connectivity index (χ3v) is 9.90. The van der Waals surface area contributed by atoms with Crippen LogP contribution < -0.4 is 0 Å². The first kappa shape index (κ1) is 29.8. The van der Waals surface area contributed by atoms with E-state index in [1.165, 1.54) is 0 Å². The highest BCUT2D eigenvalue weighted by molar-refractivity contribution is 8.02. The van der Waals surface area contributed by atoms with Gasteiger partial charge in [0, 0.05) is 30.5 Å². The van der Waals surface area contributed by atoms with E-state index in [-0.39, 0.29) is 41.7 Å². The molecule has 3 heterocycles. The van der Waals surface area contributed by atoms with Gasteiger partial charge in [0.2, 0.25) is 11.8 Å². The van der Waals surface area contributed by atoms with Crippen molar-refractivity contribution in [3.8, 4) is 0 Å². The summed E-state index contributed by atoms with van der Waals surface area (Å²) < 4.78 is 4.92. The Hall–Kier alpha value is -1.80. The van der Waals surface area contributed by atoms with Gasteiger partial charge in [-0.25, -0.2) is 0 Å². The molecular weight excluding hydrogens is 488 g/mol. The molecule has 3 saturated heterocycles. The highest BCUT2D eigenvalue weighted by Crippen LogP contribution is 2.66. The molecule has 3 aliphatic heterocycles. The van der Waals surface area contributed by atoms with Crippen molar-refractivity contribution in [3.63, 3.8) is 0 Å². The van der Waals surface area contributed by atoms with E-state index < -0.39 is 28.2 Å².